The summed E-state index contributed by atoms with van der Waals surface area (Å²) in [5.74, 6) is 0.567. The van der Waals surface area contributed by atoms with E-state index in [4.69, 9.17) is 5.73 Å². The Morgan fingerprint density at radius 1 is 1.39 bits per heavy atom. The normalized spacial score (nSPS) is 17.7. The number of rotatable bonds is 3. The predicted octanol–water partition coefficient (Wildman–Crippen LogP) is 3.61. The molecule has 0 unspecified atom stereocenters. The van der Waals surface area contributed by atoms with Crippen molar-refractivity contribution in [3.05, 3.63) is 51.2 Å². The van der Waals surface area contributed by atoms with Gasteiger partial charge in [-0.1, -0.05) is 19.1 Å². The van der Waals surface area contributed by atoms with Gasteiger partial charge in [0.2, 0.25) is 0 Å². The molecule has 5 heteroatoms. The number of hydrazone groups is 1. The fraction of sp³-hybridized carbons (Fsp3) is 0.333. The van der Waals surface area contributed by atoms with E-state index in [-0.39, 0.29) is 5.91 Å². The van der Waals surface area contributed by atoms with Gasteiger partial charge in [0.1, 0.15) is 0 Å². The van der Waals surface area contributed by atoms with Crippen molar-refractivity contribution in [3.8, 4) is 0 Å². The minimum absolute atomic E-state index is 0.139. The minimum atomic E-state index is -0.139. The Kier molecular flexibility index (Phi) is 4.48. The molecular formula is C18H21N3OS. The summed E-state index contributed by atoms with van der Waals surface area (Å²) in [5, 5.41) is 4.20. The van der Waals surface area contributed by atoms with Crippen molar-refractivity contribution in [2.24, 2.45) is 11.0 Å². The van der Waals surface area contributed by atoms with E-state index in [1.807, 2.05) is 37.3 Å². The van der Waals surface area contributed by atoms with Gasteiger partial charge in [-0.15, -0.1) is 11.3 Å². The van der Waals surface area contributed by atoms with E-state index in [1.165, 1.54) is 16.9 Å². The summed E-state index contributed by atoms with van der Waals surface area (Å²) in [5.41, 5.74) is 12.1. The van der Waals surface area contributed by atoms with Crippen molar-refractivity contribution in [1.82, 2.24) is 5.43 Å². The number of aryl methyl sites for hydroxylation is 1. The van der Waals surface area contributed by atoms with Gasteiger partial charge in [0.25, 0.3) is 5.91 Å². The zero-order valence-corrected chi connectivity index (χ0v) is 14.2. The molecule has 0 saturated carbocycles. The van der Waals surface area contributed by atoms with Gasteiger partial charge in [-0.3, -0.25) is 4.79 Å². The first-order chi connectivity index (χ1) is 11.0. The standard InChI is InChI=1S/C18H21N3OS/c1-11-6-7-16-14(8-11)10-17(23-16)18(22)21-20-12(2)13-4-3-5-15(19)9-13/h3-5,9-11H,6-8,19H2,1-2H3,(H,21,22)/b20-12-/t11-/m1/s1. The zero-order chi connectivity index (χ0) is 16.4. The maximum Gasteiger partial charge on any atom is 0.281 e. The summed E-state index contributed by atoms with van der Waals surface area (Å²) >= 11 is 1.59. The Morgan fingerprint density at radius 3 is 3.00 bits per heavy atom. The van der Waals surface area contributed by atoms with E-state index in [2.05, 4.69) is 17.5 Å². The smallest absolute Gasteiger partial charge is 0.281 e. The van der Waals surface area contributed by atoms with Crippen molar-refractivity contribution in [3.63, 3.8) is 0 Å². The topological polar surface area (TPSA) is 67.5 Å². The molecule has 1 aromatic carbocycles. The van der Waals surface area contributed by atoms with E-state index in [0.717, 1.165) is 29.0 Å². The largest absolute Gasteiger partial charge is 0.399 e. The van der Waals surface area contributed by atoms with Gasteiger partial charge < -0.3 is 5.73 Å². The average Bonchev–Trinajstić information content (AvgIpc) is 2.95. The number of benzene rings is 1. The number of amides is 1. The van der Waals surface area contributed by atoms with Gasteiger partial charge in [-0.2, -0.15) is 5.10 Å². The number of hydrogen-bond donors (Lipinski definition) is 2. The van der Waals surface area contributed by atoms with Gasteiger partial charge in [0, 0.05) is 10.6 Å². The molecule has 3 N–H and O–H groups in total. The first kappa shape index (κ1) is 15.7. The third-order valence-corrected chi connectivity index (χ3v) is 5.42. The molecule has 0 aliphatic heterocycles. The molecule has 120 valence electrons. The first-order valence-corrected chi connectivity index (χ1v) is 8.66. The van der Waals surface area contributed by atoms with Gasteiger partial charge in [0.05, 0.1) is 10.6 Å². The minimum Gasteiger partial charge on any atom is -0.399 e. The van der Waals surface area contributed by atoms with E-state index in [0.29, 0.717) is 11.6 Å². The second kappa shape index (κ2) is 6.54. The molecule has 0 saturated heterocycles. The van der Waals surface area contributed by atoms with Crippen molar-refractivity contribution < 1.29 is 4.79 Å². The van der Waals surface area contributed by atoms with Crippen LogP contribution in [0.2, 0.25) is 0 Å². The van der Waals surface area contributed by atoms with Crippen molar-refractivity contribution in [1.29, 1.82) is 0 Å². The Labute approximate surface area is 140 Å². The van der Waals surface area contributed by atoms with Crippen molar-refractivity contribution >= 4 is 28.6 Å². The van der Waals surface area contributed by atoms with Gasteiger partial charge in [0.15, 0.2) is 0 Å². The van der Waals surface area contributed by atoms with Crippen molar-refractivity contribution in [2.45, 2.75) is 33.1 Å². The van der Waals surface area contributed by atoms with Crippen LogP contribution in [0.5, 0.6) is 0 Å². The number of fused-ring (bicyclic) bond motifs is 1. The third kappa shape index (κ3) is 3.62. The molecule has 1 aliphatic rings. The highest BCUT2D eigenvalue weighted by Gasteiger charge is 2.20. The van der Waals surface area contributed by atoms with Crippen LogP contribution in [0.1, 0.15) is 45.9 Å². The summed E-state index contributed by atoms with van der Waals surface area (Å²) in [6.07, 6.45) is 3.37. The second-order valence-corrected chi connectivity index (χ2v) is 7.31. The van der Waals surface area contributed by atoms with Gasteiger partial charge in [-0.05, 0) is 61.4 Å². The number of anilines is 1. The lowest BCUT2D eigenvalue weighted by Crippen LogP contribution is -2.18. The third-order valence-electron chi connectivity index (χ3n) is 4.18. The lowest BCUT2D eigenvalue weighted by molar-refractivity contribution is 0.0959. The number of nitrogens with two attached hydrogens (primary N) is 1. The Balaban J connectivity index is 1.71. The molecule has 1 atom stereocenters. The quantitative estimate of drug-likeness (QED) is 0.514. The molecule has 4 nitrogen and oxygen atoms in total. The van der Waals surface area contributed by atoms with Crippen LogP contribution in [0.4, 0.5) is 5.69 Å². The van der Waals surface area contributed by atoms with Crippen molar-refractivity contribution in [2.75, 3.05) is 5.73 Å². The van der Waals surface area contributed by atoms with E-state index < -0.39 is 0 Å². The van der Waals surface area contributed by atoms with Gasteiger partial charge in [-0.25, -0.2) is 5.43 Å². The number of carbonyl (C=O) groups excluding carboxylic acids is 1. The SMILES string of the molecule is C/C(=N/NC(=O)c1cc2c(s1)CC[C@@H](C)C2)c1cccc(N)c1. The molecule has 1 aliphatic carbocycles. The zero-order valence-electron chi connectivity index (χ0n) is 13.4. The molecule has 3 rings (SSSR count). The number of nitrogens with one attached hydrogen (secondary N) is 1. The molecule has 0 spiro atoms. The highest BCUT2D eigenvalue weighted by molar-refractivity contribution is 7.14. The molecule has 0 radical (unpaired) electrons. The number of thiophene rings is 1. The van der Waals surface area contributed by atoms with E-state index in [1.54, 1.807) is 11.3 Å². The molecule has 1 aromatic heterocycles. The fourth-order valence-electron chi connectivity index (χ4n) is 2.84. The molecule has 1 amide bonds. The highest BCUT2D eigenvalue weighted by atomic mass is 32.1. The molecule has 0 bridgehead atoms. The monoisotopic (exact) mass is 327 g/mol. The summed E-state index contributed by atoms with van der Waals surface area (Å²) in [6, 6.07) is 9.49. The first-order valence-electron chi connectivity index (χ1n) is 7.85. The van der Waals surface area contributed by atoms with Crippen LogP contribution in [0.3, 0.4) is 0 Å². The predicted molar refractivity (Wildman–Crippen MR) is 96.0 cm³/mol. The van der Waals surface area contributed by atoms with Crippen LogP contribution in [0.15, 0.2) is 35.4 Å². The van der Waals surface area contributed by atoms with Crippen LogP contribution in [-0.4, -0.2) is 11.6 Å². The van der Waals surface area contributed by atoms with Crippen LogP contribution in [0, 0.1) is 5.92 Å². The lowest BCUT2D eigenvalue weighted by Gasteiger charge is -2.16. The number of nitrogen functional groups attached to an aromatic ring is 1. The number of hydrogen-bond acceptors (Lipinski definition) is 4. The second-order valence-electron chi connectivity index (χ2n) is 6.17. The fourth-order valence-corrected chi connectivity index (χ4v) is 3.93. The molecular weight excluding hydrogens is 306 g/mol. The Morgan fingerprint density at radius 2 is 2.22 bits per heavy atom. The van der Waals surface area contributed by atoms with Crippen LogP contribution in [-0.2, 0) is 12.8 Å². The molecule has 0 fully saturated rings. The molecule has 23 heavy (non-hydrogen) atoms. The average molecular weight is 327 g/mol. The van der Waals surface area contributed by atoms with Crippen LogP contribution >= 0.6 is 11.3 Å². The number of carbonyl (C=O) groups is 1. The van der Waals surface area contributed by atoms with Crippen LogP contribution < -0.4 is 11.2 Å². The molecule has 2 aromatic rings. The maximum absolute atomic E-state index is 12.3. The summed E-state index contributed by atoms with van der Waals surface area (Å²) < 4.78 is 0. The lowest BCUT2D eigenvalue weighted by atomic mass is 9.90. The summed E-state index contributed by atoms with van der Waals surface area (Å²) in [6.45, 7) is 4.12. The van der Waals surface area contributed by atoms with Crippen LogP contribution in [0.25, 0.3) is 0 Å². The molecule has 1 heterocycles. The van der Waals surface area contributed by atoms with E-state index in [9.17, 15) is 4.79 Å². The number of nitrogens with zero attached hydrogens (tertiary/aromatic N) is 1. The summed E-state index contributed by atoms with van der Waals surface area (Å²) in [4.78, 5) is 14.4. The summed E-state index contributed by atoms with van der Waals surface area (Å²) in [7, 11) is 0. The Bertz CT molecular complexity index is 763. The highest BCUT2D eigenvalue weighted by Crippen LogP contribution is 2.32. The van der Waals surface area contributed by atoms with E-state index >= 15 is 0 Å². The Hall–Kier alpha value is -2.14. The maximum atomic E-state index is 12.3. The van der Waals surface area contributed by atoms with Gasteiger partial charge >= 0.3 is 0 Å².